The summed E-state index contributed by atoms with van der Waals surface area (Å²) in [4.78, 5) is 16.7. The van der Waals surface area contributed by atoms with E-state index in [1.807, 2.05) is 32.0 Å². The van der Waals surface area contributed by atoms with Crippen molar-refractivity contribution in [3.05, 3.63) is 53.1 Å². The van der Waals surface area contributed by atoms with E-state index >= 15 is 0 Å². The lowest BCUT2D eigenvalue weighted by Crippen LogP contribution is -2.41. The summed E-state index contributed by atoms with van der Waals surface area (Å²) >= 11 is 0. The number of benzene rings is 1. The van der Waals surface area contributed by atoms with Gasteiger partial charge in [0.25, 0.3) is 0 Å². The van der Waals surface area contributed by atoms with Crippen LogP contribution in [0.3, 0.4) is 0 Å². The number of nitrogens with zero attached hydrogens (tertiary/aromatic N) is 2. The molecule has 1 atom stereocenters. The summed E-state index contributed by atoms with van der Waals surface area (Å²) in [6, 6.07) is 8.33. The van der Waals surface area contributed by atoms with Crippen molar-refractivity contribution in [2.24, 2.45) is 0 Å². The summed E-state index contributed by atoms with van der Waals surface area (Å²) in [7, 11) is 0. The van der Waals surface area contributed by atoms with Crippen LogP contribution in [0.4, 0.5) is 0 Å². The molecule has 21 heavy (non-hydrogen) atoms. The summed E-state index contributed by atoms with van der Waals surface area (Å²) in [5.74, 6) is 1.24. The third kappa shape index (κ3) is 3.32. The Bertz CT molecular complexity index is 660. The minimum absolute atomic E-state index is 0.103. The summed E-state index contributed by atoms with van der Waals surface area (Å²) in [5.41, 5.74) is 3.32. The predicted octanol–water partition coefficient (Wildman–Crippen LogP) is 2.17. The molecule has 4 nitrogen and oxygen atoms in total. The van der Waals surface area contributed by atoms with Gasteiger partial charge in [0.1, 0.15) is 5.82 Å². The van der Waals surface area contributed by atoms with Gasteiger partial charge >= 0.3 is 0 Å². The van der Waals surface area contributed by atoms with Crippen molar-refractivity contribution < 1.29 is 4.79 Å². The van der Waals surface area contributed by atoms with E-state index in [1.165, 1.54) is 5.56 Å². The number of nitrogens with one attached hydrogen (secondary N) is 1. The number of aromatic nitrogens is 2. The Morgan fingerprint density at radius 1 is 1.43 bits per heavy atom. The summed E-state index contributed by atoms with van der Waals surface area (Å²) in [6.45, 7) is 4.89. The van der Waals surface area contributed by atoms with Gasteiger partial charge in [-0.05, 0) is 25.8 Å². The molecular weight excluding hydrogens is 262 g/mol. The number of fused-ring (bicyclic) bond motifs is 1. The van der Waals surface area contributed by atoms with E-state index in [0.29, 0.717) is 6.42 Å². The molecule has 0 fully saturated rings. The lowest BCUT2D eigenvalue weighted by atomic mass is 10.1. The first-order chi connectivity index (χ1) is 10.1. The summed E-state index contributed by atoms with van der Waals surface area (Å²) in [5, 5.41) is 3.15. The quantitative estimate of drug-likeness (QED) is 0.938. The Hall–Kier alpha value is -2.10. The molecule has 0 radical (unpaired) electrons. The van der Waals surface area contributed by atoms with Gasteiger partial charge in [0.05, 0.1) is 12.1 Å². The van der Waals surface area contributed by atoms with Gasteiger partial charge in [0.2, 0.25) is 5.91 Å². The topological polar surface area (TPSA) is 46.9 Å². The molecule has 1 aromatic heterocycles. The number of rotatable bonds is 3. The maximum atomic E-state index is 12.2. The third-order valence-electron chi connectivity index (χ3n) is 3.93. The van der Waals surface area contributed by atoms with Gasteiger partial charge < -0.3 is 9.88 Å². The second-order valence-corrected chi connectivity index (χ2v) is 5.92. The van der Waals surface area contributed by atoms with Crippen LogP contribution < -0.4 is 5.32 Å². The number of carbonyl (C=O) groups is 1. The molecule has 1 aliphatic rings. The number of imidazole rings is 1. The molecule has 2 heterocycles. The van der Waals surface area contributed by atoms with Crippen molar-refractivity contribution in [3.63, 3.8) is 0 Å². The van der Waals surface area contributed by atoms with Crippen molar-refractivity contribution in [2.75, 3.05) is 0 Å². The lowest BCUT2D eigenvalue weighted by molar-refractivity contribution is -0.121. The maximum Gasteiger partial charge on any atom is 0.224 e. The SMILES string of the molecule is Cc1cccc(CC(=O)N[C@H]2CCc3nc(C)cn3C2)c1. The molecule has 2 aromatic rings. The first-order valence-electron chi connectivity index (χ1n) is 7.48. The fourth-order valence-electron chi connectivity index (χ4n) is 2.99. The van der Waals surface area contributed by atoms with Crippen LogP contribution in [0.25, 0.3) is 0 Å². The highest BCUT2D eigenvalue weighted by Gasteiger charge is 2.21. The molecule has 3 rings (SSSR count). The number of amides is 1. The molecule has 0 saturated carbocycles. The highest BCUT2D eigenvalue weighted by atomic mass is 16.1. The molecule has 1 aromatic carbocycles. The molecule has 0 saturated heterocycles. The van der Waals surface area contributed by atoms with Crippen molar-refractivity contribution >= 4 is 5.91 Å². The van der Waals surface area contributed by atoms with Crippen LogP contribution in [-0.2, 0) is 24.2 Å². The van der Waals surface area contributed by atoms with E-state index in [1.54, 1.807) is 0 Å². The second kappa shape index (κ2) is 5.72. The molecule has 1 amide bonds. The van der Waals surface area contributed by atoms with E-state index in [9.17, 15) is 4.79 Å². The minimum atomic E-state index is 0.103. The van der Waals surface area contributed by atoms with E-state index in [2.05, 4.69) is 27.1 Å². The highest BCUT2D eigenvalue weighted by molar-refractivity contribution is 5.78. The van der Waals surface area contributed by atoms with Gasteiger partial charge in [-0.1, -0.05) is 29.8 Å². The average molecular weight is 283 g/mol. The molecule has 0 unspecified atom stereocenters. The standard InChI is InChI=1S/C17H21N3O/c1-12-4-3-5-14(8-12)9-17(21)19-15-6-7-16-18-13(2)10-20(16)11-15/h3-5,8,10,15H,6-7,9,11H2,1-2H3,(H,19,21)/t15-/m0/s1. The molecule has 110 valence electrons. The van der Waals surface area contributed by atoms with Crippen LogP contribution in [0.2, 0.25) is 0 Å². The largest absolute Gasteiger partial charge is 0.351 e. The molecule has 0 spiro atoms. The van der Waals surface area contributed by atoms with E-state index in [0.717, 1.165) is 36.5 Å². The highest BCUT2D eigenvalue weighted by Crippen LogP contribution is 2.15. The van der Waals surface area contributed by atoms with E-state index in [4.69, 9.17) is 0 Å². The second-order valence-electron chi connectivity index (χ2n) is 5.92. The van der Waals surface area contributed by atoms with E-state index in [-0.39, 0.29) is 11.9 Å². The van der Waals surface area contributed by atoms with Gasteiger partial charge in [-0.2, -0.15) is 0 Å². The maximum absolute atomic E-state index is 12.2. The molecule has 0 bridgehead atoms. The number of hydrogen-bond donors (Lipinski definition) is 1. The zero-order chi connectivity index (χ0) is 14.8. The van der Waals surface area contributed by atoms with E-state index < -0.39 is 0 Å². The van der Waals surface area contributed by atoms with Crippen LogP contribution in [0.5, 0.6) is 0 Å². The monoisotopic (exact) mass is 283 g/mol. The minimum Gasteiger partial charge on any atom is -0.351 e. The number of carbonyl (C=O) groups excluding carboxylic acids is 1. The van der Waals surface area contributed by atoms with Crippen LogP contribution in [0.15, 0.2) is 30.5 Å². The lowest BCUT2D eigenvalue weighted by Gasteiger charge is -2.24. The Kier molecular flexibility index (Phi) is 3.78. The van der Waals surface area contributed by atoms with Crippen LogP contribution >= 0.6 is 0 Å². The van der Waals surface area contributed by atoms with Gasteiger partial charge in [-0.15, -0.1) is 0 Å². The number of hydrogen-bond acceptors (Lipinski definition) is 2. The zero-order valence-corrected chi connectivity index (χ0v) is 12.6. The normalized spacial score (nSPS) is 17.3. The molecule has 1 N–H and O–H groups in total. The van der Waals surface area contributed by atoms with Gasteiger partial charge in [0, 0.05) is 25.2 Å². The predicted molar refractivity (Wildman–Crippen MR) is 82.1 cm³/mol. The van der Waals surface area contributed by atoms with Gasteiger partial charge in [0.15, 0.2) is 0 Å². The van der Waals surface area contributed by atoms with Gasteiger partial charge in [-0.3, -0.25) is 4.79 Å². The zero-order valence-electron chi connectivity index (χ0n) is 12.6. The van der Waals surface area contributed by atoms with Crippen molar-refractivity contribution in [1.82, 2.24) is 14.9 Å². The Morgan fingerprint density at radius 2 is 2.29 bits per heavy atom. The van der Waals surface area contributed by atoms with Gasteiger partial charge in [-0.25, -0.2) is 4.98 Å². The smallest absolute Gasteiger partial charge is 0.224 e. The van der Waals surface area contributed by atoms with Crippen molar-refractivity contribution in [1.29, 1.82) is 0 Å². The summed E-state index contributed by atoms with van der Waals surface area (Å²) in [6.07, 6.45) is 4.42. The number of aryl methyl sites for hydroxylation is 3. The molecule has 1 aliphatic heterocycles. The van der Waals surface area contributed by atoms with Crippen molar-refractivity contribution in [2.45, 2.75) is 45.7 Å². The van der Waals surface area contributed by atoms with Crippen LogP contribution in [0.1, 0.15) is 29.1 Å². The molecular formula is C17H21N3O. The first kappa shape index (κ1) is 13.9. The van der Waals surface area contributed by atoms with Crippen LogP contribution in [0, 0.1) is 13.8 Å². The van der Waals surface area contributed by atoms with Crippen molar-refractivity contribution in [3.8, 4) is 0 Å². The first-order valence-corrected chi connectivity index (χ1v) is 7.48. The summed E-state index contributed by atoms with van der Waals surface area (Å²) < 4.78 is 2.16. The Morgan fingerprint density at radius 3 is 3.10 bits per heavy atom. The fourth-order valence-corrected chi connectivity index (χ4v) is 2.99. The Balaban J connectivity index is 1.59. The van der Waals surface area contributed by atoms with Crippen LogP contribution in [-0.4, -0.2) is 21.5 Å². The Labute approximate surface area is 125 Å². The third-order valence-corrected chi connectivity index (χ3v) is 3.93. The average Bonchev–Trinajstić information content (AvgIpc) is 2.78. The molecule has 0 aliphatic carbocycles. The molecule has 4 heteroatoms. The fraction of sp³-hybridized carbons (Fsp3) is 0.412.